The molecule has 1 aromatic rings. The Morgan fingerprint density at radius 3 is 2.87 bits per heavy atom. The van der Waals surface area contributed by atoms with E-state index in [0.29, 0.717) is 6.04 Å². The minimum atomic E-state index is -0.383. The molecule has 1 heterocycles. The lowest BCUT2D eigenvalue weighted by molar-refractivity contribution is 0.173. The van der Waals surface area contributed by atoms with E-state index in [0.717, 1.165) is 23.4 Å². The Hall–Kier alpha value is -1.09. The fraction of sp³-hybridized carbons (Fsp3) is 0.583. The summed E-state index contributed by atoms with van der Waals surface area (Å²) >= 11 is 0. The van der Waals surface area contributed by atoms with Gasteiger partial charge >= 0.3 is 0 Å². The molecule has 0 bridgehead atoms. The highest BCUT2D eigenvalue weighted by molar-refractivity contribution is 5.46. The van der Waals surface area contributed by atoms with Crippen molar-refractivity contribution in [1.82, 2.24) is 4.98 Å². The van der Waals surface area contributed by atoms with Crippen molar-refractivity contribution in [2.45, 2.75) is 45.3 Å². The van der Waals surface area contributed by atoms with Gasteiger partial charge in [-0.15, -0.1) is 0 Å². The highest BCUT2D eigenvalue weighted by atomic mass is 16.3. The van der Waals surface area contributed by atoms with Gasteiger partial charge in [-0.05, 0) is 43.4 Å². The minimum Gasteiger partial charge on any atom is -0.388 e. The molecule has 0 spiro atoms. The van der Waals surface area contributed by atoms with E-state index in [1.165, 1.54) is 12.8 Å². The highest BCUT2D eigenvalue weighted by Crippen LogP contribution is 2.26. The fourth-order valence-electron chi connectivity index (χ4n) is 1.59. The summed E-state index contributed by atoms with van der Waals surface area (Å²) in [6.45, 7) is 4.00. The first-order valence-electron chi connectivity index (χ1n) is 5.62. The standard InChI is InChI=1S/C12H18N2O/c1-3-11(15)9-6-8(2)12(13-7-9)14-10-4-5-10/h6-7,10-11,15H,3-5H2,1-2H3,(H,13,14). The van der Waals surface area contributed by atoms with Crippen molar-refractivity contribution in [2.24, 2.45) is 0 Å². The smallest absolute Gasteiger partial charge is 0.129 e. The number of nitrogens with one attached hydrogen (secondary N) is 1. The lowest BCUT2D eigenvalue weighted by Gasteiger charge is -2.12. The average molecular weight is 206 g/mol. The molecule has 1 fully saturated rings. The Morgan fingerprint density at radius 1 is 1.60 bits per heavy atom. The third-order valence-electron chi connectivity index (χ3n) is 2.79. The molecule has 0 radical (unpaired) electrons. The Morgan fingerprint density at radius 2 is 2.33 bits per heavy atom. The van der Waals surface area contributed by atoms with Crippen LogP contribution in [-0.4, -0.2) is 16.1 Å². The molecule has 2 rings (SSSR count). The molecule has 3 heteroatoms. The minimum absolute atomic E-state index is 0.383. The Kier molecular flexibility index (Phi) is 2.91. The quantitative estimate of drug-likeness (QED) is 0.795. The molecule has 1 atom stereocenters. The van der Waals surface area contributed by atoms with Gasteiger partial charge in [0.25, 0.3) is 0 Å². The van der Waals surface area contributed by atoms with E-state index in [1.54, 1.807) is 6.20 Å². The molecule has 3 nitrogen and oxygen atoms in total. The van der Waals surface area contributed by atoms with Crippen molar-refractivity contribution < 1.29 is 5.11 Å². The van der Waals surface area contributed by atoms with Gasteiger partial charge < -0.3 is 10.4 Å². The molecule has 2 N–H and O–H groups in total. The SMILES string of the molecule is CCC(O)c1cnc(NC2CC2)c(C)c1. The Balaban J connectivity index is 2.13. The van der Waals surface area contributed by atoms with Crippen molar-refractivity contribution >= 4 is 5.82 Å². The first-order chi connectivity index (χ1) is 7.20. The summed E-state index contributed by atoms with van der Waals surface area (Å²) in [7, 11) is 0. The van der Waals surface area contributed by atoms with E-state index in [2.05, 4.69) is 10.3 Å². The molecule has 0 amide bonds. The zero-order valence-electron chi connectivity index (χ0n) is 9.33. The second-order valence-corrected chi connectivity index (χ2v) is 4.28. The van der Waals surface area contributed by atoms with Gasteiger partial charge in [0.05, 0.1) is 6.10 Å². The number of aryl methyl sites for hydroxylation is 1. The van der Waals surface area contributed by atoms with Crippen LogP contribution < -0.4 is 5.32 Å². The lowest BCUT2D eigenvalue weighted by Crippen LogP contribution is -2.06. The van der Waals surface area contributed by atoms with E-state index in [9.17, 15) is 5.11 Å². The molecule has 0 saturated heterocycles. The number of aliphatic hydroxyl groups excluding tert-OH is 1. The summed E-state index contributed by atoms with van der Waals surface area (Å²) < 4.78 is 0. The van der Waals surface area contributed by atoms with Gasteiger partial charge in [-0.2, -0.15) is 0 Å². The zero-order chi connectivity index (χ0) is 10.8. The average Bonchev–Trinajstić information content (AvgIpc) is 3.04. The number of pyridine rings is 1. The summed E-state index contributed by atoms with van der Waals surface area (Å²) in [5.41, 5.74) is 2.03. The summed E-state index contributed by atoms with van der Waals surface area (Å²) in [4.78, 5) is 4.36. The van der Waals surface area contributed by atoms with Crippen molar-refractivity contribution in [3.05, 3.63) is 23.4 Å². The third kappa shape index (κ3) is 2.48. The monoisotopic (exact) mass is 206 g/mol. The van der Waals surface area contributed by atoms with Crippen molar-refractivity contribution in [3.8, 4) is 0 Å². The molecule has 82 valence electrons. The second-order valence-electron chi connectivity index (χ2n) is 4.28. The van der Waals surface area contributed by atoms with Crippen LogP contribution in [0.15, 0.2) is 12.3 Å². The van der Waals surface area contributed by atoms with Gasteiger partial charge in [-0.25, -0.2) is 4.98 Å². The topological polar surface area (TPSA) is 45.2 Å². The van der Waals surface area contributed by atoms with Gasteiger partial charge in [-0.3, -0.25) is 0 Å². The normalized spacial score (nSPS) is 17.5. The van der Waals surface area contributed by atoms with Gasteiger partial charge in [0, 0.05) is 12.2 Å². The Labute approximate surface area is 90.5 Å². The maximum Gasteiger partial charge on any atom is 0.129 e. The van der Waals surface area contributed by atoms with E-state index in [4.69, 9.17) is 0 Å². The maximum atomic E-state index is 9.68. The number of rotatable bonds is 4. The van der Waals surface area contributed by atoms with E-state index in [-0.39, 0.29) is 6.10 Å². The highest BCUT2D eigenvalue weighted by Gasteiger charge is 2.22. The van der Waals surface area contributed by atoms with Crippen LogP contribution in [0.25, 0.3) is 0 Å². The van der Waals surface area contributed by atoms with Crippen molar-refractivity contribution in [1.29, 1.82) is 0 Å². The van der Waals surface area contributed by atoms with E-state index >= 15 is 0 Å². The zero-order valence-corrected chi connectivity index (χ0v) is 9.33. The van der Waals surface area contributed by atoms with Crippen LogP contribution in [0.5, 0.6) is 0 Å². The lowest BCUT2D eigenvalue weighted by atomic mass is 10.1. The summed E-state index contributed by atoms with van der Waals surface area (Å²) in [5.74, 6) is 0.963. The van der Waals surface area contributed by atoms with Crippen LogP contribution in [0.3, 0.4) is 0 Å². The van der Waals surface area contributed by atoms with E-state index in [1.807, 2.05) is 19.9 Å². The molecule has 1 aliphatic rings. The summed E-state index contributed by atoms with van der Waals surface area (Å²) in [5, 5.41) is 13.1. The number of aromatic nitrogens is 1. The van der Waals surface area contributed by atoms with E-state index < -0.39 is 0 Å². The number of hydrogen-bond donors (Lipinski definition) is 2. The molecule has 1 unspecified atom stereocenters. The van der Waals surface area contributed by atoms with Gasteiger partial charge in [0.1, 0.15) is 5.82 Å². The summed E-state index contributed by atoms with van der Waals surface area (Å²) in [6.07, 6.45) is 4.62. The van der Waals surface area contributed by atoms with Crippen LogP contribution in [0.2, 0.25) is 0 Å². The van der Waals surface area contributed by atoms with Crippen LogP contribution in [0, 0.1) is 6.92 Å². The molecular formula is C12H18N2O. The largest absolute Gasteiger partial charge is 0.388 e. The fourth-order valence-corrected chi connectivity index (χ4v) is 1.59. The maximum absolute atomic E-state index is 9.68. The number of aliphatic hydroxyl groups is 1. The number of nitrogens with zero attached hydrogens (tertiary/aromatic N) is 1. The molecule has 0 aromatic carbocycles. The van der Waals surface area contributed by atoms with Crippen molar-refractivity contribution in [2.75, 3.05) is 5.32 Å². The second kappa shape index (κ2) is 4.19. The Bertz CT molecular complexity index is 347. The first kappa shape index (κ1) is 10.4. The van der Waals surface area contributed by atoms with Crippen molar-refractivity contribution in [3.63, 3.8) is 0 Å². The van der Waals surface area contributed by atoms with Crippen LogP contribution in [0.1, 0.15) is 43.4 Å². The number of anilines is 1. The molecule has 1 aromatic heterocycles. The summed E-state index contributed by atoms with van der Waals surface area (Å²) in [6, 6.07) is 2.64. The van der Waals surface area contributed by atoms with Crippen LogP contribution >= 0.6 is 0 Å². The van der Waals surface area contributed by atoms with Gasteiger partial charge in [0.2, 0.25) is 0 Å². The van der Waals surface area contributed by atoms with Gasteiger partial charge in [0.15, 0.2) is 0 Å². The molecule has 1 saturated carbocycles. The van der Waals surface area contributed by atoms with Crippen LogP contribution in [-0.2, 0) is 0 Å². The first-order valence-corrected chi connectivity index (χ1v) is 5.62. The predicted octanol–water partition coefficient (Wildman–Crippen LogP) is 2.41. The third-order valence-corrected chi connectivity index (χ3v) is 2.79. The predicted molar refractivity (Wildman–Crippen MR) is 60.9 cm³/mol. The molecule has 0 aliphatic heterocycles. The molecule has 1 aliphatic carbocycles. The van der Waals surface area contributed by atoms with Gasteiger partial charge in [-0.1, -0.05) is 6.92 Å². The molecule has 15 heavy (non-hydrogen) atoms. The van der Waals surface area contributed by atoms with Crippen LogP contribution in [0.4, 0.5) is 5.82 Å². The molecular weight excluding hydrogens is 188 g/mol. The number of hydrogen-bond acceptors (Lipinski definition) is 3.